The van der Waals surface area contributed by atoms with Gasteiger partial charge in [0.15, 0.2) is 0 Å². The first-order valence-electron chi connectivity index (χ1n) is 9.30. The Morgan fingerprint density at radius 2 is 1.96 bits per heavy atom. The van der Waals surface area contributed by atoms with E-state index in [1.54, 1.807) is 18.3 Å². The summed E-state index contributed by atoms with van der Waals surface area (Å²) in [4.78, 5) is 21.4. The van der Waals surface area contributed by atoms with E-state index in [0.717, 1.165) is 46.7 Å². The fraction of sp³-hybridized carbons (Fsp3) is 0.364. The predicted molar refractivity (Wildman–Crippen MR) is 111 cm³/mol. The van der Waals surface area contributed by atoms with Crippen LogP contribution in [0.15, 0.2) is 24.3 Å². The van der Waals surface area contributed by atoms with Crippen molar-refractivity contribution in [2.75, 3.05) is 13.6 Å². The third-order valence-corrected chi connectivity index (χ3v) is 6.66. The molecule has 140 valence electrons. The van der Waals surface area contributed by atoms with Crippen LogP contribution in [0.5, 0.6) is 0 Å². The van der Waals surface area contributed by atoms with Crippen molar-refractivity contribution in [1.82, 2.24) is 9.88 Å². The standard InChI is InChI=1S/C22H24N2O2S/c1-12-5-7-15(8-6-12)19-18(13(2)22(25)26)14(3)23-21-20(19)16-9-10-24(4)11-17(16)27-21/h5-8,13H,9-11H2,1-4H3,(H,25,26). The van der Waals surface area contributed by atoms with E-state index in [2.05, 4.69) is 43.1 Å². The number of carboxylic acid groups (broad SMARTS) is 1. The summed E-state index contributed by atoms with van der Waals surface area (Å²) < 4.78 is 0. The number of likely N-dealkylation sites (N-methyl/N-ethyl adjacent to an activating group) is 1. The molecule has 0 radical (unpaired) electrons. The first-order chi connectivity index (χ1) is 12.9. The van der Waals surface area contributed by atoms with Crippen LogP contribution >= 0.6 is 11.3 Å². The van der Waals surface area contributed by atoms with E-state index in [1.807, 2.05) is 6.92 Å². The molecule has 0 bridgehead atoms. The molecule has 1 atom stereocenters. The van der Waals surface area contributed by atoms with Crippen molar-refractivity contribution in [3.05, 3.63) is 51.5 Å². The lowest BCUT2D eigenvalue weighted by Crippen LogP contribution is -2.25. The maximum absolute atomic E-state index is 11.9. The second kappa shape index (κ2) is 6.73. The lowest BCUT2D eigenvalue weighted by molar-refractivity contribution is -0.138. The molecule has 3 heterocycles. The number of aromatic nitrogens is 1. The van der Waals surface area contributed by atoms with Gasteiger partial charge in [-0.1, -0.05) is 29.8 Å². The van der Waals surface area contributed by atoms with Crippen molar-refractivity contribution in [2.24, 2.45) is 0 Å². The molecule has 4 nitrogen and oxygen atoms in total. The number of hydrogen-bond donors (Lipinski definition) is 1. The maximum Gasteiger partial charge on any atom is 0.310 e. The molecule has 0 saturated carbocycles. The smallest absolute Gasteiger partial charge is 0.310 e. The molecule has 0 saturated heterocycles. The molecular formula is C22H24N2O2S. The van der Waals surface area contributed by atoms with Gasteiger partial charge in [0.2, 0.25) is 0 Å². The second-order valence-corrected chi connectivity index (χ2v) is 8.67. The lowest BCUT2D eigenvalue weighted by Gasteiger charge is -2.23. The predicted octanol–water partition coefficient (Wildman–Crippen LogP) is 4.76. The fourth-order valence-corrected chi connectivity index (χ4v) is 5.41. The summed E-state index contributed by atoms with van der Waals surface area (Å²) in [5.41, 5.74) is 6.36. The van der Waals surface area contributed by atoms with Gasteiger partial charge in [-0.15, -0.1) is 11.3 Å². The average Bonchev–Trinajstić information content (AvgIpc) is 2.97. The van der Waals surface area contributed by atoms with Gasteiger partial charge >= 0.3 is 5.97 Å². The van der Waals surface area contributed by atoms with Crippen LogP contribution in [0.25, 0.3) is 21.3 Å². The number of carbonyl (C=O) groups is 1. The van der Waals surface area contributed by atoms with Gasteiger partial charge in [0.1, 0.15) is 4.83 Å². The third-order valence-electron chi connectivity index (χ3n) is 5.55. The van der Waals surface area contributed by atoms with Crippen molar-refractivity contribution in [3.8, 4) is 11.1 Å². The van der Waals surface area contributed by atoms with Gasteiger partial charge in [0, 0.05) is 29.0 Å². The van der Waals surface area contributed by atoms with Gasteiger partial charge in [0.25, 0.3) is 0 Å². The summed E-state index contributed by atoms with van der Waals surface area (Å²) in [5.74, 6) is -1.41. The normalized spacial score (nSPS) is 15.7. The highest BCUT2D eigenvalue weighted by molar-refractivity contribution is 7.19. The van der Waals surface area contributed by atoms with Gasteiger partial charge in [0.05, 0.1) is 5.92 Å². The van der Waals surface area contributed by atoms with Gasteiger partial charge < -0.3 is 10.0 Å². The molecular weight excluding hydrogens is 356 g/mol. The van der Waals surface area contributed by atoms with E-state index in [-0.39, 0.29) is 0 Å². The van der Waals surface area contributed by atoms with Crippen LogP contribution in [0.3, 0.4) is 0 Å². The minimum Gasteiger partial charge on any atom is -0.481 e. The highest BCUT2D eigenvalue weighted by Gasteiger charge is 2.28. The van der Waals surface area contributed by atoms with Crippen LogP contribution in [0.1, 0.15) is 40.1 Å². The molecule has 0 aliphatic carbocycles. The Morgan fingerprint density at radius 1 is 1.26 bits per heavy atom. The molecule has 1 unspecified atom stereocenters. The van der Waals surface area contributed by atoms with E-state index in [0.29, 0.717) is 0 Å². The summed E-state index contributed by atoms with van der Waals surface area (Å²) in [5, 5.41) is 10.9. The van der Waals surface area contributed by atoms with E-state index >= 15 is 0 Å². The molecule has 0 spiro atoms. The monoisotopic (exact) mass is 380 g/mol. The Morgan fingerprint density at radius 3 is 2.63 bits per heavy atom. The van der Waals surface area contributed by atoms with Crippen molar-refractivity contribution in [1.29, 1.82) is 0 Å². The van der Waals surface area contributed by atoms with Crippen LogP contribution in [0, 0.1) is 13.8 Å². The number of aryl methyl sites for hydroxylation is 2. The van der Waals surface area contributed by atoms with Crippen molar-refractivity contribution in [3.63, 3.8) is 0 Å². The molecule has 27 heavy (non-hydrogen) atoms. The Balaban J connectivity index is 2.09. The van der Waals surface area contributed by atoms with Gasteiger partial charge in [-0.3, -0.25) is 4.79 Å². The third kappa shape index (κ3) is 3.05. The Hall–Kier alpha value is -2.24. The van der Waals surface area contributed by atoms with E-state index in [9.17, 15) is 9.90 Å². The Kier molecular flexibility index (Phi) is 4.52. The number of carboxylic acids is 1. The number of rotatable bonds is 3. The molecule has 0 amide bonds. The van der Waals surface area contributed by atoms with Crippen LogP contribution < -0.4 is 0 Å². The van der Waals surface area contributed by atoms with Crippen LogP contribution in [-0.2, 0) is 17.8 Å². The van der Waals surface area contributed by atoms with Crippen LogP contribution in [0.4, 0.5) is 0 Å². The van der Waals surface area contributed by atoms with Crippen molar-refractivity contribution in [2.45, 2.75) is 39.7 Å². The first-order valence-corrected chi connectivity index (χ1v) is 10.1. The maximum atomic E-state index is 11.9. The largest absolute Gasteiger partial charge is 0.481 e. The minimum atomic E-state index is -0.809. The zero-order chi connectivity index (χ0) is 19.3. The molecule has 1 aromatic carbocycles. The van der Waals surface area contributed by atoms with Crippen LogP contribution in [0.2, 0.25) is 0 Å². The zero-order valence-electron chi connectivity index (χ0n) is 16.2. The summed E-state index contributed by atoms with van der Waals surface area (Å²) >= 11 is 1.76. The van der Waals surface area contributed by atoms with Crippen molar-refractivity contribution < 1.29 is 9.90 Å². The number of hydrogen-bond acceptors (Lipinski definition) is 4. The molecule has 3 aromatic rings. The number of aliphatic carboxylic acids is 1. The van der Waals surface area contributed by atoms with Crippen LogP contribution in [-0.4, -0.2) is 34.6 Å². The number of nitrogens with zero attached hydrogens (tertiary/aromatic N) is 2. The molecule has 1 aliphatic heterocycles. The quantitative estimate of drug-likeness (QED) is 0.712. The summed E-state index contributed by atoms with van der Waals surface area (Å²) in [7, 11) is 2.14. The number of thiophene rings is 1. The molecule has 4 rings (SSSR count). The van der Waals surface area contributed by atoms with E-state index in [1.165, 1.54) is 21.4 Å². The summed E-state index contributed by atoms with van der Waals surface area (Å²) in [6.07, 6.45) is 0.982. The lowest BCUT2D eigenvalue weighted by atomic mass is 9.86. The number of benzene rings is 1. The zero-order valence-corrected chi connectivity index (χ0v) is 17.0. The number of fused-ring (bicyclic) bond motifs is 3. The fourth-order valence-electron chi connectivity index (χ4n) is 4.05. The van der Waals surface area contributed by atoms with E-state index < -0.39 is 11.9 Å². The molecule has 1 aliphatic rings. The molecule has 2 aromatic heterocycles. The topological polar surface area (TPSA) is 53.4 Å². The molecule has 0 fully saturated rings. The number of pyridine rings is 1. The average molecular weight is 381 g/mol. The molecule has 5 heteroatoms. The van der Waals surface area contributed by atoms with Crippen molar-refractivity contribution >= 4 is 27.5 Å². The Bertz CT molecular complexity index is 1040. The molecule has 1 N–H and O–H groups in total. The summed E-state index contributed by atoms with van der Waals surface area (Å²) in [6, 6.07) is 8.42. The van der Waals surface area contributed by atoms with Gasteiger partial charge in [-0.05, 0) is 56.5 Å². The summed E-state index contributed by atoms with van der Waals surface area (Å²) in [6.45, 7) is 7.73. The van der Waals surface area contributed by atoms with Gasteiger partial charge in [-0.25, -0.2) is 4.98 Å². The van der Waals surface area contributed by atoms with Gasteiger partial charge in [-0.2, -0.15) is 0 Å². The second-order valence-electron chi connectivity index (χ2n) is 7.58. The Labute approximate surface area is 163 Å². The minimum absolute atomic E-state index is 0.597. The first kappa shape index (κ1) is 18.1. The SMILES string of the molecule is Cc1ccc(-c2c(C(C)C(=O)O)c(C)nc3sc4c(c23)CCN(C)C4)cc1. The highest BCUT2D eigenvalue weighted by Crippen LogP contribution is 2.44. The highest BCUT2D eigenvalue weighted by atomic mass is 32.1. The van der Waals surface area contributed by atoms with E-state index in [4.69, 9.17) is 4.98 Å².